The van der Waals surface area contributed by atoms with Crippen LogP contribution in [-0.4, -0.2) is 35.0 Å². The molecule has 120 valence electrons. The molecule has 0 spiro atoms. The molecule has 0 aliphatic carbocycles. The maximum atomic E-state index is 11.9. The first-order valence-electron chi connectivity index (χ1n) is 7.87. The number of aliphatic carboxylic acids is 1. The number of hydrogen-bond donors (Lipinski definition) is 3. The minimum absolute atomic E-state index is 0.155. The standard InChI is InChI=1S/C15H26N2O4/c1-2-3-4-5-6-7-8-12(15(20)21)17-14(19)11-9-10-13(18)16-11/h11-12H,2-10H2,1H3,(H,16,18)(H,17,19)(H,20,21)/t11-,12-/m0/s1. The quantitative estimate of drug-likeness (QED) is 0.534. The van der Waals surface area contributed by atoms with E-state index in [2.05, 4.69) is 17.6 Å². The van der Waals surface area contributed by atoms with E-state index < -0.39 is 18.1 Å². The molecular weight excluding hydrogens is 272 g/mol. The molecule has 6 heteroatoms. The maximum Gasteiger partial charge on any atom is 0.326 e. The van der Waals surface area contributed by atoms with E-state index in [0.29, 0.717) is 19.3 Å². The van der Waals surface area contributed by atoms with Crippen molar-refractivity contribution in [2.75, 3.05) is 0 Å². The lowest BCUT2D eigenvalue weighted by molar-refractivity contribution is -0.142. The van der Waals surface area contributed by atoms with Crippen molar-refractivity contribution in [3.63, 3.8) is 0 Å². The summed E-state index contributed by atoms with van der Waals surface area (Å²) in [7, 11) is 0. The average Bonchev–Trinajstić information content (AvgIpc) is 2.87. The molecule has 1 heterocycles. The molecule has 2 amide bonds. The molecule has 6 nitrogen and oxygen atoms in total. The molecule has 0 aromatic rings. The topological polar surface area (TPSA) is 95.5 Å². The van der Waals surface area contributed by atoms with Gasteiger partial charge in [0.15, 0.2) is 0 Å². The summed E-state index contributed by atoms with van der Waals surface area (Å²) < 4.78 is 0. The Bertz CT molecular complexity index is 371. The van der Waals surface area contributed by atoms with Gasteiger partial charge >= 0.3 is 5.97 Å². The van der Waals surface area contributed by atoms with Gasteiger partial charge in [0.25, 0.3) is 0 Å². The Morgan fingerprint density at radius 2 is 1.95 bits per heavy atom. The molecule has 1 rings (SSSR count). The van der Waals surface area contributed by atoms with E-state index in [1.54, 1.807) is 0 Å². The van der Waals surface area contributed by atoms with Gasteiger partial charge in [0.1, 0.15) is 12.1 Å². The number of carboxylic acid groups (broad SMARTS) is 1. The normalized spacial score (nSPS) is 19.1. The molecule has 1 aliphatic heterocycles. The number of hydrogen-bond acceptors (Lipinski definition) is 3. The van der Waals surface area contributed by atoms with Crippen molar-refractivity contribution < 1.29 is 19.5 Å². The zero-order valence-corrected chi connectivity index (χ0v) is 12.7. The molecule has 1 fully saturated rings. The van der Waals surface area contributed by atoms with Crippen molar-refractivity contribution >= 4 is 17.8 Å². The fourth-order valence-electron chi connectivity index (χ4n) is 2.47. The van der Waals surface area contributed by atoms with Crippen LogP contribution in [0.25, 0.3) is 0 Å². The first-order valence-corrected chi connectivity index (χ1v) is 7.87. The van der Waals surface area contributed by atoms with Crippen molar-refractivity contribution in [1.29, 1.82) is 0 Å². The maximum absolute atomic E-state index is 11.9. The summed E-state index contributed by atoms with van der Waals surface area (Å²) in [6.45, 7) is 2.15. The van der Waals surface area contributed by atoms with Gasteiger partial charge in [-0.3, -0.25) is 9.59 Å². The predicted octanol–water partition coefficient (Wildman–Crippen LogP) is 1.58. The van der Waals surface area contributed by atoms with Crippen molar-refractivity contribution in [2.45, 2.75) is 76.8 Å². The molecule has 2 atom stereocenters. The highest BCUT2D eigenvalue weighted by molar-refractivity contribution is 5.92. The minimum atomic E-state index is -1.01. The van der Waals surface area contributed by atoms with E-state index in [-0.39, 0.29) is 11.8 Å². The summed E-state index contributed by atoms with van der Waals surface area (Å²) in [6, 6.07) is -1.44. The Morgan fingerprint density at radius 3 is 2.52 bits per heavy atom. The van der Waals surface area contributed by atoms with Crippen LogP contribution in [0.2, 0.25) is 0 Å². The van der Waals surface area contributed by atoms with Gasteiger partial charge in [-0.25, -0.2) is 4.79 Å². The summed E-state index contributed by atoms with van der Waals surface area (Å²) in [4.78, 5) is 34.1. The smallest absolute Gasteiger partial charge is 0.326 e. The molecule has 0 radical (unpaired) electrons. The fraction of sp³-hybridized carbons (Fsp3) is 0.800. The monoisotopic (exact) mass is 298 g/mol. The molecule has 1 aliphatic rings. The van der Waals surface area contributed by atoms with Crippen LogP contribution in [0.4, 0.5) is 0 Å². The van der Waals surface area contributed by atoms with E-state index in [9.17, 15) is 14.4 Å². The van der Waals surface area contributed by atoms with Crippen LogP contribution in [0.15, 0.2) is 0 Å². The van der Waals surface area contributed by atoms with E-state index in [1.807, 2.05) is 0 Å². The van der Waals surface area contributed by atoms with Crippen molar-refractivity contribution in [1.82, 2.24) is 10.6 Å². The van der Waals surface area contributed by atoms with Crippen LogP contribution in [0, 0.1) is 0 Å². The Labute approximate surface area is 125 Å². The van der Waals surface area contributed by atoms with Crippen LogP contribution in [0.5, 0.6) is 0 Å². The van der Waals surface area contributed by atoms with Gasteiger partial charge in [-0.05, 0) is 12.8 Å². The zero-order chi connectivity index (χ0) is 15.7. The second kappa shape index (κ2) is 9.37. The lowest BCUT2D eigenvalue weighted by atomic mass is 10.1. The average molecular weight is 298 g/mol. The van der Waals surface area contributed by atoms with Gasteiger partial charge in [0.2, 0.25) is 11.8 Å². The van der Waals surface area contributed by atoms with Gasteiger partial charge in [-0.15, -0.1) is 0 Å². The lowest BCUT2D eigenvalue weighted by Crippen LogP contribution is -2.48. The molecule has 21 heavy (non-hydrogen) atoms. The van der Waals surface area contributed by atoms with Crippen LogP contribution >= 0.6 is 0 Å². The van der Waals surface area contributed by atoms with Gasteiger partial charge in [-0.1, -0.05) is 45.4 Å². The Kier molecular flexibility index (Phi) is 7.79. The highest BCUT2D eigenvalue weighted by Crippen LogP contribution is 2.11. The summed E-state index contributed by atoms with van der Waals surface area (Å²) in [5, 5.41) is 14.2. The van der Waals surface area contributed by atoms with Crippen LogP contribution < -0.4 is 10.6 Å². The SMILES string of the molecule is CCCCCCCC[C@H](NC(=O)[C@@H]1CCC(=O)N1)C(=O)O. The van der Waals surface area contributed by atoms with Gasteiger partial charge in [0.05, 0.1) is 0 Å². The van der Waals surface area contributed by atoms with E-state index in [0.717, 1.165) is 19.3 Å². The molecule has 0 saturated carbocycles. The molecule has 0 aromatic heterocycles. The highest BCUT2D eigenvalue weighted by Gasteiger charge is 2.30. The van der Waals surface area contributed by atoms with E-state index in [1.165, 1.54) is 19.3 Å². The molecule has 1 saturated heterocycles. The number of unbranched alkanes of at least 4 members (excludes halogenated alkanes) is 5. The van der Waals surface area contributed by atoms with E-state index >= 15 is 0 Å². The number of carboxylic acids is 1. The Balaban J connectivity index is 2.27. The first-order chi connectivity index (χ1) is 10.0. The minimum Gasteiger partial charge on any atom is -0.480 e. The van der Waals surface area contributed by atoms with Crippen molar-refractivity contribution in [3.8, 4) is 0 Å². The summed E-state index contributed by atoms with van der Waals surface area (Å²) in [6.07, 6.45) is 7.65. The second-order valence-corrected chi connectivity index (χ2v) is 5.61. The van der Waals surface area contributed by atoms with Gasteiger partial charge in [0, 0.05) is 6.42 Å². The molecule has 0 unspecified atom stereocenters. The molecular formula is C15H26N2O4. The highest BCUT2D eigenvalue weighted by atomic mass is 16.4. The van der Waals surface area contributed by atoms with E-state index in [4.69, 9.17) is 5.11 Å². The van der Waals surface area contributed by atoms with Crippen molar-refractivity contribution in [3.05, 3.63) is 0 Å². The number of rotatable bonds is 10. The third kappa shape index (κ3) is 6.60. The second-order valence-electron chi connectivity index (χ2n) is 5.61. The molecule has 3 N–H and O–H groups in total. The summed E-state index contributed by atoms with van der Waals surface area (Å²) >= 11 is 0. The van der Waals surface area contributed by atoms with Crippen molar-refractivity contribution in [2.24, 2.45) is 0 Å². The van der Waals surface area contributed by atoms with Crippen LogP contribution in [0.3, 0.4) is 0 Å². The Morgan fingerprint density at radius 1 is 1.29 bits per heavy atom. The third-order valence-corrected chi connectivity index (χ3v) is 3.77. The largest absolute Gasteiger partial charge is 0.480 e. The predicted molar refractivity (Wildman–Crippen MR) is 78.7 cm³/mol. The molecule has 0 bridgehead atoms. The first kappa shape index (κ1) is 17.5. The number of carbonyl (C=O) groups is 3. The number of amides is 2. The summed E-state index contributed by atoms with van der Waals surface area (Å²) in [5.74, 6) is -1.56. The Hall–Kier alpha value is -1.59. The fourth-order valence-corrected chi connectivity index (χ4v) is 2.47. The van der Waals surface area contributed by atoms with Crippen LogP contribution in [-0.2, 0) is 14.4 Å². The third-order valence-electron chi connectivity index (χ3n) is 3.77. The molecule has 0 aromatic carbocycles. The number of carbonyl (C=O) groups excluding carboxylic acids is 2. The summed E-state index contributed by atoms with van der Waals surface area (Å²) in [5.41, 5.74) is 0. The zero-order valence-electron chi connectivity index (χ0n) is 12.7. The van der Waals surface area contributed by atoms with Crippen LogP contribution in [0.1, 0.15) is 64.7 Å². The number of nitrogens with one attached hydrogen (secondary N) is 2. The lowest BCUT2D eigenvalue weighted by Gasteiger charge is -2.17. The van der Waals surface area contributed by atoms with Gasteiger partial charge < -0.3 is 15.7 Å². The van der Waals surface area contributed by atoms with Gasteiger partial charge in [-0.2, -0.15) is 0 Å².